The molecule has 4 rings (SSSR count). The molecule has 1 fully saturated rings. The zero-order valence-corrected chi connectivity index (χ0v) is 20.0. The van der Waals surface area contributed by atoms with Gasteiger partial charge in [-0.05, 0) is 48.9 Å². The monoisotopic (exact) mass is 474 g/mol. The summed E-state index contributed by atoms with van der Waals surface area (Å²) in [6, 6.07) is 7.31. The second kappa shape index (κ2) is 9.15. The van der Waals surface area contributed by atoms with Crippen molar-refractivity contribution in [2.24, 2.45) is 11.4 Å². The van der Waals surface area contributed by atoms with Crippen molar-refractivity contribution in [3.63, 3.8) is 0 Å². The molecule has 0 unspecified atom stereocenters. The van der Waals surface area contributed by atoms with Gasteiger partial charge in [-0.15, -0.1) is 0 Å². The van der Waals surface area contributed by atoms with E-state index in [1.807, 2.05) is 36.0 Å². The fourth-order valence-electron chi connectivity index (χ4n) is 3.77. The molecule has 8 nitrogen and oxygen atoms in total. The number of rotatable bonds is 8. The number of carbonyl (C=O) groups is 2. The topological polar surface area (TPSA) is 82.8 Å². The van der Waals surface area contributed by atoms with Crippen LogP contribution in [0.1, 0.15) is 44.9 Å². The van der Waals surface area contributed by atoms with Gasteiger partial charge in [-0.25, -0.2) is 4.40 Å². The lowest BCUT2D eigenvalue weighted by atomic mass is 10.0. The Hall–Kier alpha value is -2.52. The zero-order chi connectivity index (χ0) is 22.9. The first-order valence-corrected chi connectivity index (χ1v) is 11.7. The fraction of sp³-hybridized carbons (Fsp3) is 0.455. The molecule has 0 radical (unpaired) electrons. The van der Waals surface area contributed by atoms with Crippen LogP contribution < -0.4 is 5.32 Å². The van der Waals surface area contributed by atoms with Crippen molar-refractivity contribution in [1.29, 1.82) is 0 Å². The summed E-state index contributed by atoms with van der Waals surface area (Å²) in [5, 5.41) is 7.94. The van der Waals surface area contributed by atoms with E-state index < -0.39 is 0 Å². The lowest BCUT2D eigenvalue weighted by Crippen LogP contribution is -2.43. The first kappa shape index (κ1) is 22.7. The third-order valence-corrected chi connectivity index (χ3v) is 7.04. The van der Waals surface area contributed by atoms with Gasteiger partial charge in [0.05, 0.1) is 11.1 Å². The van der Waals surface area contributed by atoms with Crippen LogP contribution in [0.25, 0.3) is 0 Å². The molecule has 10 heteroatoms. The number of amides is 2. The number of nitrogens with one attached hydrogen (secondary N) is 1. The van der Waals surface area contributed by atoms with E-state index in [1.165, 1.54) is 4.68 Å². The van der Waals surface area contributed by atoms with Crippen LogP contribution in [0.5, 0.6) is 0 Å². The van der Waals surface area contributed by atoms with Gasteiger partial charge in [0.25, 0.3) is 11.8 Å². The summed E-state index contributed by atoms with van der Waals surface area (Å²) in [6.45, 7) is 1.60. The van der Waals surface area contributed by atoms with E-state index in [1.54, 1.807) is 37.5 Å². The molecule has 2 heterocycles. The summed E-state index contributed by atoms with van der Waals surface area (Å²) < 4.78 is 5.97. The number of halogens is 1. The van der Waals surface area contributed by atoms with E-state index in [0.717, 1.165) is 24.0 Å². The molecule has 170 valence electrons. The lowest BCUT2D eigenvalue weighted by Gasteiger charge is -2.30. The number of benzene rings is 1. The number of fused-ring (bicyclic) bond motifs is 1. The van der Waals surface area contributed by atoms with Crippen LogP contribution in [0.3, 0.4) is 0 Å². The van der Waals surface area contributed by atoms with E-state index in [9.17, 15) is 9.59 Å². The van der Waals surface area contributed by atoms with E-state index in [0.29, 0.717) is 42.5 Å². The van der Waals surface area contributed by atoms with Gasteiger partial charge in [-0.3, -0.25) is 14.3 Å². The molecular weight excluding hydrogens is 448 g/mol. The maximum Gasteiger partial charge on any atom is 0.272 e. The predicted molar refractivity (Wildman–Crippen MR) is 127 cm³/mol. The quantitative estimate of drug-likeness (QED) is 0.361. The van der Waals surface area contributed by atoms with Gasteiger partial charge in [0, 0.05) is 51.4 Å². The normalized spacial score (nSPS) is 16.9. The molecule has 1 saturated carbocycles. The maximum atomic E-state index is 13.2. The minimum atomic E-state index is -0.273. The van der Waals surface area contributed by atoms with Crippen LogP contribution in [0.15, 0.2) is 28.7 Å². The van der Waals surface area contributed by atoms with Crippen molar-refractivity contribution in [3.05, 3.63) is 51.8 Å². The number of carbonyl (C=O) groups excluding carboxylic acids is 2. The predicted octanol–water partition coefficient (Wildman–Crippen LogP) is 2.77. The maximum absolute atomic E-state index is 13.2. The molecule has 2 aliphatic rings. The number of hydrogen-bond donors (Lipinski definition) is 1. The van der Waals surface area contributed by atoms with Gasteiger partial charge in [0.15, 0.2) is 5.69 Å². The van der Waals surface area contributed by atoms with E-state index in [-0.39, 0.29) is 16.6 Å². The number of nitrogens with zero attached hydrogens (tertiary/aromatic N) is 5. The SMILES string of the molecule is CN(C)C=NSC1(CN2CCc3c(C(=O)NCc4ccc(Cl)cc4)nn(C)c3C2=O)CC1. The first-order chi connectivity index (χ1) is 15.3. The van der Waals surface area contributed by atoms with Crippen molar-refractivity contribution >= 4 is 41.7 Å². The number of hydrogen-bond acceptors (Lipinski definition) is 5. The molecule has 1 aliphatic carbocycles. The summed E-state index contributed by atoms with van der Waals surface area (Å²) in [4.78, 5) is 29.8. The van der Waals surface area contributed by atoms with Crippen molar-refractivity contribution < 1.29 is 9.59 Å². The third-order valence-electron chi connectivity index (χ3n) is 5.66. The summed E-state index contributed by atoms with van der Waals surface area (Å²) in [7, 11) is 5.59. The van der Waals surface area contributed by atoms with Crippen molar-refractivity contribution in [3.8, 4) is 0 Å². The Kier molecular flexibility index (Phi) is 6.48. The first-order valence-electron chi connectivity index (χ1n) is 10.5. The second-order valence-electron chi connectivity index (χ2n) is 8.54. The average molecular weight is 475 g/mol. The standard InChI is InChI=1S/C22H27ClN6O2S/c1-27(2)14-25-32-22(9-10-22)13-29-11-8-17-18(26-28(3)19(17)21(29)31)20(30)24-12-15-4-6-16(23)7-5-15/h4-7,14H,8-13H2,1-3H3,(H,24,30). The molecule has 1 aromatic heterocycles. The second-order valence-corrected chi connectivity index (χ2v) is 10.2. The molecular formula is C22H27ClN6O2S. The largest absolute Gasteiger partial charge is 0.368 e. The number of aromatic nitrogens is 2. The van der Waals surface area contributed by atoms with Gasteiger partial charge in [-0.1, -0.05) is 23.7 Å². The van der Waals surface area contributed by atoms with Crippen LogP contribution >= 0.6 is 23.5 Å². The van der Waals surface area contributed by atoms with Gasteiger partial charge >= 0.3 is 0 Å². The molecule has 2 amide bonds. The minimum Gasteiger partial charge on any atom is -0.368 e. The molecule has 0 bridgehead atoms. The smallest absolute Gasteiger partial charge is 0.272 e. The molecule has 0 atom stereocenters. The Morgan fingerprint density at radius 2 is 2.06 bits per heavy atom. The summed E-state index contributed by atoms with van der Waals surface area (Å²) in [5.41, 5.74) is 2.51. The minimum absolute atomic E-state index is 0.00293. The molecule has 32 heavy (non-hydrogen) atoms. The fourth-order valence-corrected chi connectivity index (χ4v) is 4.85. The molecule has 2 aromatic rings. The van der Waals surface area contributed by atoms with Gasteiger partial charge in [0.2, 0.25) is 0 Å². The van der Waals surface area contributed by atoms with E-state index >= 15 is 0 Å². The molecule has 1 aliphatic heterocycles. The van der Waals surface area contributed by atoms with E-state index in [4.69, 9.17) is 11.6 Å². The molecule has 0 spiro atoms. The summed E-state index contributed by atoms with van der Waals surface area (Å²) in [5.74, 6) is -0.341. The molecule has 1 N–H and O–H groups in total. The lowest BCUT2D eigenvalue weighted by molar-refractivity contribution is 0.0725. The van der Waals surface area contributed by atoms with Gasteiger partial charge in [0.1, 0.15) is 5.69 Å². The Bertz CT molecular complexity index is 1050. The third kappa shape index (κ3) is 4.94. The number of aryl methyl sites for hydroxylation is 1. The average Bonchev–Trinajstić information content (AvgIpc) is 3.42. The highest BCUT2D eigenvalue weighted by Gasteiger charge is 2.47. The summed E-state index contributed by atoms with van der Waals surface area (Å²) in [6.07, 6.45) is 4.49. The van der Waals surface area contributed by atoms with Crippen molar-refractivity contribution in [2.75, 3.05) is 27.2 Å². The Labute approximate surface area is 197 Å². The summed E-state index contributed by atoms with van der Waals surface area (Å²) >= 11 is 7.47. The Morgan fingerprint density at radius 3 is 2.72 bits per heavy atom. The van der Waals surface area contributed by atoms with Crippen LogP contribution in [-0.4, -0.2) is 69.7 Å². The van der Waals surface area contributed by atoms with Crippen LogP contribution in [0.2, 0.25) is 5.02 Å². The van der Waals surface area contributed by atoms with E-state index in [2.05, 4.69) is 14.8 Å². The Morgan fingerprint density at radius 1 is 1.34 bits per heavy atom. The molecule has 0 saturated heterocycles. The molecule has 1 aromatic carbocycles. The zero-order valence-electron chi connectivity index (χ0n) is 18.5. The van der Waals surface area contributed by atoms with Crippen LogP contribution in [-0.2, 0) is 20.0 Å². The van der Waals surface area contributed by atoms with Crippen molar-refractivity contribution in [2.45, 2.75) is 30.6 Å². The van der Waals surface area contributed by atoms with Crippen molar-refractivity contribution in [1.82, 2.24) is 24.9 Å². The highest BCUT2D eigenvalue weighted by molar-refractivity contribution is 7.99. The van der Waals surface area contributed by atoms with Crippen LogP contribution in [0, 0.1) is 0 Å². The van der Waals surface area contributed by atoms with Crippen LogP contribution in [0.4, 0.5) is 0 Å². The Balaban J connectivity index is 1.43. The van der Waals surface area contributed by atoms with Gasteiger partial charge in [-0.2, -0.15) is 5.10 Å². The van der Waals surface area contributed by atoms with Gasteiger partial charge < -0.3 is 15.1 Å². The highest BCUT2D eigenvalue weighted by atomic mass is 35.5. The highest BCUT2D eigenvalue weighted by Crippen LogP contribution is 2.49.